The van der Waals surface area contributed by atoms with E-state index in [0.29, 0.717) is 6.54 Å². The molecule has 24 heavy (non-hydrogen) atoms. The Hall–Kier alpha value is -1.72. The van der Waals surface area contributed by atoms with Gasteiger partial charge in [-0.1, -0.05) is 0 Å². The first-order chi connectivity index (χ1) is 11.0. The van der Waals surface area contributed by atoms with Crippen LogP contribution in [-0.4, -0.2) is 91.7 Å². The van der Waals surface area contributed by atoms with Crippen LogP contribution >= 0.6 is 0 Å². The predicted octanol–water partition coefficient (Wildman–Crippen LogP) is -1.92. The number of sulfonamides is 1. The standard InChI is InChI=1S/C13H23N3O7S/c1-9(14-10(2)17)13(20)15-4-5-23-11(6-15)7-16(8-12(18)19)24(3,21)22/h9,11H,4-8H2,1-3H3,(H,14,17)(H,18,19). The average molecular weight is 365 g/mol. The maximum atomic E-state index is 12.3. The third kappa shape index (κ3) is 6.42. The third-order valence-electron chi connectivity index (χ3n) is 3.43. The lowest BCUT2D eigenvalue weighted by atomic mass is 10.2. The van der Waals surface area contributed by atoms with Gasteiger partial charge in [0, 0.05) is 26.6 Å². The van der Waals surface area contributed by atoms with Crippen LogP contribution in [0.4, 0.5) is 0 Å². The molecule has 1 aliphatic rings. The second kappa shape index (κ2) is 8.40. The van der Waals surface area contributed by atoms with Crippen LogP contribution in [-0.2, 0) is 29.1 Å². The second-order valence-corrected chi connectivity index (χ2v) is 7.63. The van der Waals surface area contributed by atoms with E-state index in [-0.39, 0.29) is 31.5 Å². The van der Waals surface area contributed by atoms with Crippen LogP contribution in [0.25, 0.3) is 0 Å². The fourth-order valence-corrected chi connectivity index (χ4v) is 3.15. The fourth-order valence-electron chi connectivity index (χ4n) is 2.37. The van der Waals surface area contributed by atoms with Gasteiger partial charge in [-0.15, -0.1) is 0 Å². The van der Waals surface area contributed by atoms with Gasteiger partial charge in [0.15, 0.2) is 0 Å². The number of hydrogen-bond acceptors (Lipinski definition) is 6. The van der Waals surface area contributed by atoms with Crippen molar-refractivity contribution in [3.05, 3.63) is 0 Å². The number of morpholine rings is 1. The van der Waals surface area contributed by atoms with Crippen molar-refractivity contribution < 1.29 is 32.6 Å². The molecule has 0 aromatic carbocycles. The van der Waals surface area contributed by atoms with Crippen LogP contribution in [0.1, 0.15) is 13.8 Å². The molecule has 0 spiro atoms. The number of nitrogens with one attached hydrogen (secondary N) is 1. The van der Waals surface area contributed by atoms with Gasteiger partial charge in [-0.2, -0.15) is 4.31 Å². The number of carbonyl (C=O) groups is 3. The summed E-state index contributed by atoms with van der Waals surface area (Å²) in [6, 6.07) is -0.703. The van der Waals surface area contributed by atoms with Crippen molar-refractivity contribution >= 4 is 27.8 Å². The summed E-state index contributed by atoms with van der Waals surface area (Å²) in [7, 11) is -3.72. The van der Waals surface area contributed by atoms with Crippen molar-refractivity contribution in [2.24, 2.45) is 0 Å². The molecule has 10 nitrogen and oxygen atoms in total. The number of nitrogens with zero attached hydrogens (tertiary/aromatic N) is 2. The summed E-state index contributed by atoms with van der Waals surface area (Å²) < 4.78 is 29.6. The molecule has 1 fully saturated rings. The zero-order chi connectivity index (χ0) is 18.5. The molecule has 0 radical (unpaired) electrons. The van der Waals surface area contributed by atoms with Crippen molar-refractivity contribution in [2.45, 2.75) is 26.0 Å². The van der Waals surface area contributed by atoms with Crippen LogP contribution < -0.4 is 5.32 Å². The average Bonchev–Trinajstić information content (AvgIpc) is 2.44. The Balaban J connectivity index is 2.72. The first-order valence-corrected chi connectivity index (χ1v) is 9.20. The minimum absolute atomic E-state index is 0.119. The molecule has 1 saturated heterocycles. The quantitative estimate of drug-likeness (QED) is 0.537. The van der Waals surface area contributed by atoms with Crippen molar-refractivity contribution in [2.75, 3.05) is 39.0 Å². The molecule has 2 N–H and O–H groups in total. The Morgan fingerprint density at radius 1 is 1.42 bits per heavy atom. The molecule has 2 amide bonds. The number of hydrogen-bond donors (Lipinski definition) is 2. The van der Waals surface area contributed by atoms with Crippen LogP contribution in [0.3, 0.4) is 0 Å². The highest BCUT2D eigenvalue weighted by atomic mass is 32.2. The van der Waals surface area contributed by atoms with Gasteiger partial charge in [-0.3, -0.25) is 14.4 Å². The lowest BCUT2D eigenvalue weighted by Crippen LogP contribution is -2.55. The van der Waals surface area contributed by atoms with E-state index in [0.717, 1.165) is 10.6 Å². The zero-order valence-electron chi connectivity index (χ0n) is 13.9. The Morgan fingerprint density at radius 2 is 2.04 bits per heavy atom. The number of amides is 2. The van der Waals surface area contributed by atoms with Crippen LogP contribution in [0.2, 0.25) is 0 Å². The van der Waals surface area contributed by atoms with E-state index in [1.165, 1.54) is 11.8 Å². The first-order valence-electron chi connectivity index (χ1n) is 7.35. The number of aliphatic carboxylic acids is 1. The molecule has 2 unspecified atom stereocenters. The molecule has 0 aliphatic carbocycles. The molecule has 138 valence electrons. The summed E-state index contributed by atoms with van der Waals surface area (Å²) in [6.07, 6.45) is 0.280. The van der Waals surface area contributed by atoms with E-state index in [2.05, 4.69) is 5.32 Å². The molecule has 0 aromatic rings. The molecule has 1 heterocycles. The smallest absolute Gasteiger partial charge is 0.318 e. The highest BCUT2D eigenvalue weighted by molar-refractivity contribution is 7.88. The SMILES string of the molecule is CC(=O)NC(C)C(=O)N1CCOC(CN(CC(=O)O)S(C)(=O)=O)C1. The minimum Gasteiger partial charge on any atom is -0.480 e. The van der Waals surface area contributed by atoms with E-state index in [1.807, 2.05) is 0 Å². The molecule has 0 aromatic heterocycles. The highest BCUT2D eigenvalue weighted by Crippen LogP contribution is 2.11. The van der Waals surface area contributed by atoms with Crippen molar-refractivity contribution in [3.8, 4) is 0 Å². The number of carboxylic acids is 1. The summed E-state index contributed by atoms with van der Waals surface area (Å²) in [5.41, 5.74) is 0. The summed E-state index contributed by atoms with van der Waals surface area (Å²) in [5, 5.41) is 11.3. The van der Waals surface area contributed by atoms with Gasteiger partial charge in [-0.05, 0) is 6.92 Å². The van der Waals surface area contributed by atoms with Crippen molar-refractivity contribution in [1.82, 2.24) is 14.5 Å². The van der Waals surface area contributed by atoms with Gasteiger partial charge >= 0.3 is 5.97 Å². The molecular weight excluding hydrogens is 342 g/mol. The maximum Gasteiger partial charge on any atom is 0.318 e. The van der Waals surface area contributed by atoms with Gasteiger partial charge in [0.2, 0.25) is 21.8 Å². The molecule has 1 rings (SSSR count). The monoisotopic (exact) mass is 365 g/mol. The van der Waals surface area contributed by atoms with E-state index < -0.39 is 34.7 Å². The number of carbonyl (C=O) groups excluding carboxylic acids is 2. The third-order valence-corrected chi connectivity index (χ3v) is 4.64. The molecule has 0 bridgehead atoms. The zero-order valence-corrected chi connectivity index (χ0v) is 14.7. The Bertz CT molecular complexity index is 592. The number of rotatable bonds is 7. The minimum atomic E-state index is -3.72. The number of carboxylic acid groups (broad SMARTS) is 1. The summed E-state index contributed by atoms with van der Waals surface area (Å²) in [4.78, 5) is 35.6. The van der Waals surface area contributed by atoms with Gasteiger partial charge in [0.05, 0.1) is 19.0 Å². The van der Waals surface area contributed by atoms with Crippen LogP contribution in [0.5, 0.6) is 0 Å². The van der Waals surface area contributed by atoms with E-state index in [1.54, 1.807) is 6.92 Å². The summed E-state index contributed by atoms with van der Waals surface area (Å²) >= 11 is 0. The molecular formula is C13H23N3O7S. The van der Waals surface area contributed by atoms with Gasteiger partial charge < -0.3 is 20.1 Å². The van der Waals surface area contributed by atoms with Gasteiger partial charge in [0.1, 0.15) is 12.6 Å². The van der Waals surface area contributed by atoms with Crippen LogP contribution in [0, 0.1) is 0 Å². The molecule has 2 atom stereocenters. The molecule has 1 aliphatic heterocycles. The maximum absolute atomic E-state index is 12.3. The van der Waals surface area contributed by atoms with Gasteiger partial charge in [0.25, 0.3) is 0 Å². The highest BCUT2D eigenvalue weighted by Gasteiger charge is 2.31. The first kappa shape index (κ1) is 20.3. The normalized spacial score (nSPS) is 19.8. The Morgan fingerprint density at radius 3 is 2.54 bits per heavy atom. The Labute approximate surface area is 140 Å². The van der Waals surface area contributed by atoms with E-state index in [9.17, 15) is 22.8 Å². The lowest BCUT2D eigenvalue weighted by Gasteiger charge is -2.36. The van der Waals surface area contributed by atoms with E-state index >= 15 is 0 Å². The fraction of sp³-hybridized carbons (Fsp3) is 0.769. The van der Waals surface area contributed by atoms with E-state index in [4.69, 9.17) is 9.84 Å². The molecule has 11 heteroatoms. The predicted molar refractivity (Wildman–Crippen MR) is 83.7 cm³/mol. The van der Waals surface area contributed by atoms with Crippen molar-refractivity contribution in [1.29, 1.82) is 0 Å². The second-order valence-electron chi connectivity index (χ2n) is 5.65. The largest absolute Gasteiger partial charge is 0.480 e. The van der Waals surface area contributed by atoms with Gasteiger partial charge in [-0.25, -0.2) is 8.42 Å². The summed E-state index contributed by atoms with van der Waals surface area (Å²) in [6.45, 7) is 2.67. The van der Waals surface area contributed by atoms with Crippen molar-refractivity contribution in [3.63, 3.8) is 0 Å². The number of ether oxygens (including phenoxy) is 1. The van der Waals surface area contributed by atoms with Crippen LogP contribution in [0.15, 0.2) is 0 Å². The summed E-state index contributed by atoms with van der Waals surface area (Å²) in [5.74, 6) is -1.91. The lowest BCUT2D eigenvalue weighted by molar-refractivity contribution is -0.143. The Kier molecular flexibility index (Phi) is 7.11. The molecule has 0 saturated carbocycles. The topological polar surface area (TPSA) is 133 Å².